The van der Waals surface area contributed by atoms with E-state index in [-0.39, 0.29) is 6.04 Å². The van der Waals surface area contributed by atoms with Gasteiger partial charge in [-0.05, 0) is 44.2 Å². The number of thiophene rings is 1. The molecule has 2 aromatic rings. The Kier molecular flexibility index (Phi) is 3.60. The smallest absolute Gasteiger partial charge is 0.0579 e. The summed E-state index contributed by atoms with van der Waals surface area (Å²) in [5, 5.41) is 4.05. The maximum absolute atomic E-state index is 5.91. The number of rotatable bonds is 3. The normalized spacial score (nSPS) is 12.4. The summed E-state index contributed by atoms with van der Waals surface area (Å²) < 4.78 is 0. The molecule has 1 aromatic heterocycles. The summed E-state index contributed by atoms with van der Waals surface area (Å²) in [5.41, 5.74) is 7.51. The number of nitrogen functional groups attached to an aromatic ring is 1. The molecule has 0 aliphatic heterocycles. The number of anilines is 2. The van der Waals surface area contributed by atoms with Gasteiger partial charge in [-0.25, -0.2) is 0 Å². The van der Waals surface area contributed by atoms with Crippen molar-refractivity contribution in [2.75, 3.05) is 11.1 Å². The van der Waals surface area contributed by atoms with E-state index in [9.17, 15) is 0 Å². The van der Waals surface area contributed by atoms with Gasteiger partial charge in [-0.1, -0.05) is 11.6 Å². The SMILES string of the molecule is Cc1ccc(C(C)Nc2ccc(Cl)cc2N)s1. The quantitative estimate of drug-likeness (QED) is 0.805. The zero-order chi connectivity index (χ0) is 12.4. The van der Waals surface area contributed by atoms with Crippen LogP contribution in [0, 0.1) is 6.92 Å². The molecule has 17 heavy (non-hydrogen) atoms. The van der Waals surface area contributed by atoms with Crippen molar-refractivity contribution in [1.29, 1.82) is 0 Å². The molecule has 3 N–H and O–H groups in total. The molecule has 1 unspecified atom stereocenters. The molecule has 1 atom stereocenters. The molecule has 2 rings (SSSR count). The number of nitrogens with two attached hydrogens (primary N) is 1. The van der Waals surface area contributed by atoms with Crippen LogP contribution in [-0.4, -0.2) is 0 Å². The van der Waals surface area contributed by atoms with E-state index in [4.69, 9.17) is 17.3 Å². The van der Waals surface area contributed by atoms with Crippen LogP contribution in [0.4, 0.5) is 11.4 Å². The van der Waals surface area contributed by atoms with E-state index in [1.165, 1.54) is 9.75 Å². The largest absolute Gasteiger partial charge is 0.397 e. The lowest BCUT2D eigenvalue weighted by Crippen LogP contribution is -2.06. The zero-order valence-corrected chi connectivity index (χ0v) is 11.4. The minimum absolute atomic E-state index is 0.247. The van der Waals surface area contributed by atoms with E-state index in [1.807, 2.05) is 12.1 Å². The van der Waals surface area contributed by atoms with Crippen LogP contribution < -0.4 is 11.1 Å². The summed E-state index contributed by atoms with van der Waals surface area (Å²) in [6, 6.07) is 10.0. The van der Waals surface area contributed by atoms with Gasteiger partial charge in [-0.3, -0.25) is 0 Å². The van der Waals surface area contributed by atoms with E-state index in [1.54, 1.807) is 17.4 Å². The third-order valence-electron chi connectivity index (χ3n) is 2.57. The van der Waals surface area contributed by atoms with Gasteiger partial charge in [0.25, 0.3) is 0 Å². The maximum atomic E-state index is 5.91. The Morgan fingerprint density at radius 2 is 2.06 bits per heavy atom. The molecule has 0 amide bonds. The molecule has 0 aliphatic carbocycles. The lowest BCUT2D eigenvalue weighted by atomic mass is 10.2. The summed E-state index contributed by atoms with van der Waals surface area (Å²) >= 11 is 7.66. The Morgan fingerprint density at radius 1 is 1.29 bits per heavy atom. The standard InChI is InChI=1S/C13H15ClN2S/c1-8-3-6-13(17-8)9(2)16-12-5-4-10(14)7-11(12)15/h3-7,9,16H,15H2,1-2H3. The van der Waals surface area contributed by atoms with Crippen molar-refractivity contribution in [3.63, 3.8) is 0 Å². The molecule has 1 aromatic carbocycles. The van der Waals surface area contributed by atoms with Gasteiger partial charge in [0.2, 0.25) is 0 Å². The van der Waals surface area contributed by atoms with Crippen LogP contribution in [0.25, 0.3) is 0 Å². The summed E-state index contributed by atoms with van der Waals surface area (Å²) in [6.45, 7) is 4.23. The number of benzene rings is 1. The molecule has 1 heterocycles. The monoisotopic (exact) mass is 266 g/mol. The zero-order valence-electron chi connectivity index (χ0n) is 9.83. The van der Waals surface area contributed by atoms with Crippen LogP contribution in [0.5, 0.6) is 0 Å². The molecule has 2 nitrogen and oxygen atoms in total. The van der Waals surface area contributed by atoms with Crippen molar-refractivity contribution < 1.29 is 0 Å². The fraction of sp³-hybridized carbons (Fsp3) is 0.231. The number of halogens is 1. The van der Waals surface area contributed by atoms with Crippen molar-refractivity contribution in [2.45, 2.75) is 19.9 Å². The molecule has 90 valence electrons. The average molecular weight is 267 g/mol. The van der Waals surface area contributed by atoms with Gasteiger partial charge in [0.1, 0.15) is 0 Å². The fourth-order valence-electron chi connectivity index (χ4n) is 1.66. The number of aryl methyl sites for hydroxylation is 1. The van der Waals surface area contributed by atoms with E-state index in [0.29, 0.717) is 10.7 Å². The molecular formula is C13H15ClN2S. The van der Waals surface area contributed by atoms with Gasteiger partial charge in [0.15, 0.2) is 0 Å². The number of hydrogen-bond acceptors (Lipinski definition) is 3. The van der Waals surface area contributed by atoms with Crippen LogP contribution in [-0.2, 0) is 0 Å². The van der Waals surface area contributed by atoms with Gasteiger partial charge in [0, 0.05) is 14.8 Å². The molecule has 0 bridgehead atoms. The Balaban J connectivity index is 2.15. The fourth-order valence-corrected chi connectivity index (χ4v) is 2.72. The molecule has 0 saturated carbocycles. The Morgan fingerprint density at radius 3 is 2.65 bits per heavy atom. The van der Waals surface area contributed by atoms with Crippen molar-refractivity contribution in [3.8, 4) is 0 Å². The topological polar surface area (TPSA) is 38.0 Å². The van der Waals surface area contributed by atoms with Crippen LogP contribution in [0.3, 0.4) is 0 Å². The second-order valence-corrected chi connectivity index (χ2v) is 5.80. The van der Waals surface area contributed by atoms with Gasteiger partial charge in [0.05, 0.1) is 17.4 Å². The third-order valence-corrected chi connectivity index (χ3v) is 3.99. The predicted molar refractivity (Wildman–Crippen MR) is 77.0 cm³/mol. The van der Waals surface area contributed by atoms with E-state index in [0.717, 1.165) is 5.69 Å². The van der Waals surface area contributed by atoms with Crippen LogP contribution in [0.15, 0.2) is 30.3 Å². The predicted octanol–water partition coefficient (Wildman–Crippen LogP) is 4.47. The van der Waals surface area contributed by atoms with Crippen molar-refractivity contribution in [3.05, 3.63) is 45.1 Å². The first-order valence-corrected chi connectivity index (χ1v) is 6.63. The van der Waals surface area contributed by atoms with Crippen LogP contribution in [0.1, 0.15) is 22.7 Å². The van der Waals surface area contributed by atoms with Gasteiger partial charge >= 0.3 is 0 Å². The summed E-state index contributed by atoms with van der Waals surface area (Å²) in [5.74, 6) is 0. The summed E-state index contributed by atoms with van der Waals surface area (Å²) in [6.07, 6.45) is 0. The Hall–Kier alpha value is -1.19. The van der Waals surface area contributed by atoms with Crippen LogP contribution in [0.2, 0.25) is 5.02 Å². The van der Waals surface area contributed by atoms with E-state index < -0.39 is 0 Å². The Bertz CT molecular complexity index is 522. The number of hydrogen-bond donors (Lipinski definition) is 2. The molecule has 0 aliphatic rings. The minimum atomic E-state index is 0.247. The first-order valence-electron chi connectivity index (χ1n) is 5.44. The molecule has 0 radical (unpaired) electrons. The van der Waals surface area contributed by atoms with Gasteiger partial charge in [-0.15, -0.1) is 11.3 Å². The first kappa shape index (κ1) is 12.3. The minimum Gasteiger partial charge on any atom is -0.397 e. The van der Waals surface area contributed by atoms with Crippen molar-refractivity contribution in [2.24, 2.45) is 0 Å². The highest BCUT2D eigenvalue weighted by Gasteiger charge is 2.09. The average Bonchev–Trinajstić information content (AvgIpc) is 2.69. The number of nitrogens with one attached hydrogen (secondary N) is 1. The third kappa shape index (κ3) is 2.93. The van der Waals surface area contributed by atoms with Gasteiger partial charge in [-0.2, -0.15) is 0 Å². The molecule has 0 fully saturated rings. The van der Waals surface area contributed by atoms with Gasteiger partial charge < -0.3 is 11.1 Å². The second kappa shape index (κ2) is 4.98. The lowest BCUT2D eigenvalue weighted by molar-refractivity contribution is 0.909. The molecule has 0 saturated heterocycles. The van der Waals surface area contributed by atoms with Crippen molar-refractivity contribution >= 4 is 34.3 Å². The second-order valence-electron chi connectivity index (χ2n) is 4.05. The summed E-state index contributed by atoms with van der Waals surface area (Å²) in [7, 11) is 0. The van der Waals surface area contributed by atoms with E-state index >= 15 is 0 Å². The highest BCUT2D eigenvalue weighted by atomic mass is 35.5. The van der Waals surface area contributed by atoms with Crippen molar-refractivity contribution in [1.82, 2.24) is 0 Å². The molecule has 0 spiro atoms. The first-order chi connectivity index (χ1) is 8.06. The summed E-state index contributed by atoms with van der Waals surface area (Å²) in [4.78, 5) is 2.62. The Labute approximate surface area is 110 Å². The maximum Gasteiger partial charge on any atom is 0.0579 e. The molecule has 4 heteroatoms. The molecular weight excluding hydrogens is 252 g/mol. The highest BCUT2D eigenvalue weighted by Crippen LogP contribution is 2.29. The highest BCUT2D eigenvalue weighted by molar-refractivity contribution is 7.12. The lowest BCUT2D eigenvalue weighted by Gasteiger charge is -2.15. The van der Waals surface area contributed by atoms with E-state index in [2.05, 4.69) is 31.3 Å². The van der Waals surface area contributed by atoms with Crippen LogP contribution >= 0.6 is 22.9 Å².